The number of rotatable bonds is 8. The summed E-state index contributed by atoms with van der Waals surface area (Å²) >= 11 is 1.77. The lowest BCUT2D eigenvalue weighted by Crippen LogP contribution is -2.41. The van der Waals surface area contributed by atoms with E-state index in [1.807, 2.05) is 0 Å². The molecular weight excluding hydrogens is 232 g/mol. The maximum atomic E-state index is 9.93. The van der Waals surface area contributed by atoms with Crippen LogP contribution in [0.5, 0.6) is 0 Å². The largest absolute Gasteiger partial charge is 0.390 e. The first-order chi connectivity index (χ1) is 8.13. The first-order valence-electron chi connectivity index (χ1n) is 6.28. The van der Waals surface area contributed by atoms with Gasteiger partial charge in [0.2, 0.25) is 0 Å². The van der Waals surface area contributed by atoms with E-state index in [1.165, 1.54) is 4.88 Å². The van der Waals surface area contributed by atoms with Gasteiger partial charge in [0.15, 0.2) is 0 Å². The summed E-state index contributed by atoms with van der Waals surface area (Å²) in [6.07, 6.45) is -0.294. The monoisotopic (exact) mass is 256 g/mol. The van der Waals surface area contributed by atoms with E-state index >= 15 is 0 Å². The van der Waals surface area contributed by atoms with Gasteiger partial charge in [-0.15, -0.1) is 11.3 Å². The van der Waals surface area contributed by atoms with Crippen molar-refractivity contribution in [2.75, 3.05) is 19.6 Å². The topological polar surface area (TPSA) is 35.5 Å². The molecule has 1 aromatic heterocycles. The molecular formula is C13H24N2OS. The van der Waals surface area contributed by atoms with Gasteiger partial charge in [0, 0.05) is 30.6 Å². The molecule has 1 atom stereocenters. The average molecular weight is 256 g/mol. The number of thiophene rings is 1. The minimum atomic E-state index is -0.294. The molecule has 0 aliphatic heterocycles. The Kier molecular flexibility index (Phi) is 6.73. The van der Waals surface area contributed by atoms with Gasteiger partial charge in [-0.1, -0.05) is 13.0 Å². The smallest absolute Gasteiger partial charge is 0.0791 e. The molecule has 17 heavy (non-hydrogen) atoms. The van der Waals surface area contributed by atoms with Gasteiger partial charge in [-0.2, -0.15) is 0 Å². The van der Waals surface area contributed by atoms with Gasteiger partial charge in [-0.3, -0.25) is 4.90 Å². The van der Waals surface area contributed by atoms with Crippen molar-refractivity contribution < 1.29 is 5.11 Å². The second kappa shape index (κ2) is 7.82. The zero-order chi connectivity index (χ0) is 12.7. The summed E-state index contributed by atoms with van der Waals surface area (Å²) in [7, 11) is 0. The highest BCUT2D eigenvalue weighted by Crippen LogP contribution is 2.14. The molecule has 4 heteroatoms. The molecule has 1 rings (SSSR count). The lowest BCUT2D eigenvalue weighted by Gasteiger charge is -2.28. The highest BCUT2D eigenvalue weighted by molar-refractivity contribution is 7.09. The SMILES string of the molecule is CCNCC(O)CN(Cc1cccs1)C(C)C. The lowest BCUT2D eigenvalue weighted by molar-refractivity contribution is 0.0910. The van der Waals surface area contributed by atoms with Crippen molar-refractivity contribution in [3.8, 4) is 0 Å². The number of likely N-dealkylation sites (N-methyl/N-ethyl adjacent to an activating group) is 1. The molecule has 0 amide bonds. The molecule has 1 heterocycles. The number of aliphatic hydroxyl groups is 1. The van der Waals surface area contributed by atoms with Gasteiger partial charge in [0.05, 0.1) is 6.10 Å². The summed E-state index contributed by atoms with van der Waals surface area (Å²) in [6, 6.07) is 4.68. The molecule has 0 radical (unpaired) electrons. The maximum absolute atomic E-state index is 9.93. The molecule has 0 aliphatic carbocycles. The van der Waals surface area contributed by atoms with E-state index in [9.17, 15) is 5.11 Å². The zero-order valence-electron chi connectivity index (χ0n) is 11.0. The summed E-state index contributed by atoms with van der Waals surface area (Å²) in [5.74, 6) is 0. The van der Waals surface area contributed by atoms with Crippen molar-refractivity contribution in [2.24, 2.45) is 0 Å². The van der Waals surface area contributed by atoms with Crippen LogP contribution in [0.1, 0.15) is 25.6 Å². The van der Waals surface area contributed by atoms with Crippen LogP contribution < -0.4 is 5.32 Å². The Morgan fingerprint density at radius 3 is 2.76 bits per heavy atom. The first-order valence-corrected chi connectivity index (χ1v) is 7.16. The molecule has 0 fully saturated rings. The molecule has 1 unspecified atom stereocenters. The normalized spacial score (nSPS) is 13.5. The molecule has 0 aliphatic rings. The fraction of sp³-hybridized carbons (Fsp3) is 0.692. The number of hydrogen-bond donors (Lipinski definition) is 2. The van der Waals surface area contributed by atoms with Crippen LogP contribution in [0.4, 0.5) is 0 Å². The Balaban J connectivity index is 2.43. The maximum Gasteiger partial charge on any atom is 0.0791 e. The van der Waals surface area contributed by atoms with Gasteiger partial charge >= 0.3 is 0 Å². The van der Waals surface area contributed by atoms with Crippen LogP contribution in [0.2, 0.25) is 0 Å². The van der Waals surface area contributed by atoms with Gasteiger partial charge < -0.3 is 10.4 Å². The van der Waals surface area contributed by atoms with Crippen LogP contribution >= 0.6 is 11.3 Å². The minimum absolute atomic E-state index is 0.294. The molecule has 0 saturated carbocycles. The van der Waals surface area contributed by atoms with E-state index in [0.717, 1.165) is 19.6 Å². The van der Waals surface area contributed by atoms with Crippen LogP contribution in [0.25, 0.3) is 0 Å². The first kappa shape index (κ1) is 14.6. The van der Waals surface area contributed by atoms with E-state index in [1.54, 1.807) is 11.3 Å². The highest BCUT2D eigenvalue weighted by atomic mass is 32.1. The van der Waals surface area contributed by atoms with Crippen LogP contribution in [-0.2, 0) is 6.54 Å². The molecule has 1 aromatic rings. The molecule has 0 aromatic carbocycles. The summed E-state index contributed by atoms with van der Waals surface area (Å²) in [4.78, 5) is 3.67. The summed E-state index contributed by atoms with van der Waals surface area (Å²) in [5.41, 5.74) is 0. The number of aliphatic hydroxyl groups excluding tert-OH is 1. The third-order valence-corrected chi connectivity index (χ3v) is 3.61. The Hall–Kier alpha value is -0.420. The van der Waals surface area contributed by atoms with Gasteiger partial charge in [0.1, 0.15) is 0 Å². The second-order valence-electron chi connectivity index (χ2n) is 4.56. The summed E-state index contributed by atoms with van der Waals surface area (Å²) in [6.45, 7) is 9.63. The predicted octanol–water partition coefficient (Wildman–Crippen LogP) is 1.93. The molecule has 2 N–H and O–H groups in total. The lowest BCUT2D eigenvalue weighted by atomic mass is 10.2. The molecule has 98 valence electrons. The van der Waals surface area contributed by atoms with Crippen molar-refractivity contribution in [3.05, 3.63) is 22.4 Å². The standard InChI is InChI=1S/C13H24N2OS/c1-4-14-8-12(16)9-15(11(2)3)10-13-6-5-7-17-13/h5-7,11-12,14,16H,4,8-10H2,1-3H3. The fourth-order valence-electron chi connectivity index (χ4n) is 1.71. The quantitative estimate of drug-likeness (QED) is 0.746. The van der Waals surface area contributed by atoms with E-state index < -0.39 is 0 Å². The summed E-state index contributed by atoms with van der Waals surface area (Å²) < 4.78 is 0. The van der Waals surface area contributed by atoms with E-state index in [-0.39, 0.29) is 6.10 Å². The van der Waals surface area contributed by atoms with Crippen LogP contribution in [0.15, 0.2) is 17.5 Å². The second-order valence-corrected chi connectivity index (χ2v) is 5.60. The minimum Gasteiger partial charge on any atom is -0.390 e. The van der Waals surface area contributed by atoms with E-state index in [2.05, 4.69) is 48.5 Å². The van der Waals surface area contributed by atoms with Crippen LogP contribution in [0.3, 0.4) is 0 Å². The average Bonchev–Trinajstić information content (AvgIpc) is 2.78. The molecule has 3 nitrogen and oxygen atoms in total. The number of nitrogens with one attached hydrogen (secondary N) is 1. The molecule has 0 bridgehead atoms. The van der Waals surface area contributed by atoms with Crippen molar-refractivity contribution in [2.45, 2.75) is 39.5 Å². The van der Waals surface area contributed by atoms with E-state index in [4.69, 9.17) is 0 Å². The highest BCUT2D eigenvalue weighted by Gasteiger charge is 2.15. The Labute approximate surface area is 108 Å². The van der Waals surface area contributed by atoms with Crippen LogP contribution in [-0.4, -0.2) is 41.8 Å². The van der Waals surface area contributed by atoms with Crippen LogP contribution in [0, 0.1) is 0 Å². The van der Waals surface area contributed by atoms with Gasteiger partial charge in [-0.25, -0.2) is 0 Å². The van der Waals surface area contributed by atoms with Gasteiger partial charge in [-0.05, 0) is 31.8 Å². The third kappa shape index (κ3) is 5.64. The molecule has 0 saturated heterocycles. The Bertz CT molecular complexity index is 288. The fourth-order valence-corrected chi connectivity index (χ4v) is 2.44. The number of hydrogen-bond acceptors (Lipinski definition) is 4. The van der Waals surface area contributed by atoms with Crippen molar-refractivity contribution in [1.82, 2.24) is 10.2 Å². The number of nitrogens with zero attached hydrogens (tertiary/aromatic N) is 1. The predicted molar refractivity (Wildman–Crippen MR) is 74.4 cm³/mol. The van der Waals surface area contributed by atoms with Gasteiger partial charge in [0.25, 0.3) is 0 Å². The van der Waals surface area contributed by atoms with E-state index in [0.29, 0.717) is 12.6 Å². The van der Waals surface area contributed by atoms with Crippen molar-refractivity contribution in [3.63, 3.8) is 0 Å². The Morgan fingerprint density at radius 2 is 2.24 bits per heavy atom. The summed E-state index contributed by atoms with van der Waals surface area (Å²) in [5, 5.41) is 15.2. The van der Waals surface area contributed by atoms with Crippen molar-refractivity contribution in [1.29, 1.82) is 0 Å². The zero-order valence-corrected chi connectivity index (χ0v) is 11.8. The molecule has 0 spiro atoms. The van der Waals surface area contributed by atoms with Crippen molar-refractivity contribution >= 4 is 11.3 Å². The Morgan fingerprint density at radius 1 is 1.47 bits per heavy atom. The third-order valence-electron chi connectivity index (χ3n) is 2.74.